The fraction of sp³-hybridized carbons (Fsp3) is 0.652. The van der Waals surface area contributed by atoms with Crippen molar-refractivity contribution in [2.24, 2.45) is 16.1 Å². The van der Waals surface area contributed by atoms with Crippen molar-refractivity contribution in [3.8, 4) is 11.5 Å². The third-order valence-electron chi connectivity index (χ3n) is 6.04. The van der Waals surface area contributed by atoms with E-state index in [4.69, 9.17) is 15.2 Å². The molecule has 0 aromatic heterocycles. The molecule has 7 heteroatoms. The number of hydrogen-bond acceptors (Lipinski definition) is 4. The number of amides is 1. The smallest absolute Gasteiger partial charge is 0.224 e. The van der Waals surface area contributed by atoms with Gasteiger partial charge in [0.1, 0.15) is 0 Å². The van der Waals surface area contributed by atoms with Gasteiger partial charge in [0.15, 0.2) is 17.5 Å². The van der Waals surface area contributed by atoms with Crippen molar-refractivity contribution in [1.29, 1.82) is 0 Å². The second-order valence-corrected chi connectivity index (χ2v) is 8.71. The van der Waals surface area contributed by atoms with Crippen LogP contribution < -0.4 is 25.8 Å². The summed E-state index contributed by atoms with van der Waals surface area (Å²) in [5.74, 6) is 1.85. The van der Waals surface area contributed by atoms with Crippen LogP contribution >= 0.6 is 0 Å². The number of benzene rings is 1. The van der Waals surface area contributed by atoms with E-state index in [-0.39, 0.29) is 11.3 Å². The Morgan fingerprint density at radius 3 is 2.37 bits per heavy atom. The number of carbonyl (C=O) groups is 1. The molecule has 1 fully saturated rings. The third kappa shape index (κ3) is 5.80. The number of methoxy groups -OCH3 is 2. The van der Waals surface area contributed by atoms with Crippen molar-refractivity contribution < 1.29 is 14.3 Å². The Bertz CT molecular complexity index is 740. The van der Waals surface area contributed by atoms with E-state index >= 15 is 0 Å². The summed E-state index contributed by atoms with van der Waals surface area (Å²) in [6, 6.07) is 6.24. The Morgan fingerprint density at radius 1 is 1.13 bits per heavy atom. The molecule has 30 heavy (non-hydrogen) atoms. The van der Waals surface area contributed by atoms with Gasteiger partial charge in [-0.2, -0.15) is 0 Å². The monoisotopic (exact) mass is 418 g/mol. The van der Waals surface area contributed by atoms with Crippen molar-refractivity contribution >= 4 is 11.9 Å². The molecule has 0 aliphatic heterocycles. The van der Waals surface area contributed by atoms with Crippen molar-refractivity contribution in [3.05, 3.63) is 23.8 Å². The Morgan fingerprint density at radius 2 is 1.80 bits per heavy atom. The SMILES string of the molecule is CCNC(=NCC(C)(C)C(N)=O)NCC1(c2ccc(OC)c(OC)c2)CCCCC1. The first-order valence-electron chi connectivity index (χ1n) is 10.8. The molecule has 2 rings (SSSR count). The Hall–Kier alpha value is -2.44. The van der Waals surface area contributed by atoms with Gasteiger partial charge in [0.25, 0.3) is 0 Å². The molecule has 0 bridgehead atoms. The van der Waals surface area contributed by atoms with Crippen LogP contribution in [-0.4, -0.2) is 45.7 Å². The molecule has 168 valence electrons. The molecule has 1 aliphatic carbocycles. The van der Waals surface area contributed by atoms with Crippen molar-refractivity contribution in [1.82, 2.24) is 10.6 Å². The number of primary amides is 1. The van der Waals surface area contributed by atoms with Gasteiger partial charge in [0, 0.05) is 18.5 Å². The van der Waals surface area contributed by atoms with Gasteiger partial charge < -0.3 is 25.8 Å². The minimum absolute atomic E-state index is 0.00675. The normalized spacial score (nSPS) is 16.6. The highest BCUT2D eigenvalue weighted by Gasteiger charge is 2.35. The fourth-order valence-electron chi connectivity index (χ4n) is 3.91. The van der Waals surface area contributed by atoms with Crippen LogP contribution in [0.5, 0.6) is 11.5 Å². The number of carbonyl (C=O) groups excluding carboxylic acids is 1. The van der Waals surface area contributed by atoms with E-state index < -0.39 is 5.41 Å². The number of rotatable bonds is 9. The number of nitrogens with zero attached hydrogens (tertiary/aromatic N) is 1. The van der Waals surface area contributed by atoms with Crippen molar-refractivity contribution in [2.45, 2.75) is 58.3 Å². The summed E-state index contributed by atoms with van der Waals surface area (Å²) in [6.07, 6.45) is 5.84. The van der Waals surface area contributed by atoms with Crippen LogP contribution in [-0.2, 0) is 10.2 Å². The maximum absolute atomic E-state index is 11.6. The lowest BCUT2D eigenvalue weighted by atomic mass is 9.69. The molecular weight excluding hydrogens is 380 g/mol. The molecule has 1 aliphatic rings. The standard InChI is InChI=1S/C23H38N4O3/c1-6-25-21(26-15-22(2,3)20(24)28)27-16-23(12-8-7-9-13-23)17-10-11-18(29-4)19(14-17)30-5/h10-11,14H,6-9,12-13,15-16H2,1-5H3,(H2,24,28)(H2,25,26,27). The molecule has 1 amide bonds. The van der Waals surface area contributed by atoms with Gasteiger partial charge in [-0.05, 0) is 51.3 Å². The molecular formula is C23H38N4O3. The van der Waals surface area contributed by atoms with Crippen LogP contribution in [0.2, 0.25) is 0 Å². The number of aliphatic imine (C=N–C) groups is 1. The average molecular weight is 419 g/mol. The average Bonchev–Trinajstić information content (AvgIpc) is 2.75. The molecule has 0 spiro atoms. The van der Waals surface area contributed by atoms with E-state index in [2.05, 4.69) is 27.8 Å². The van der Waals surface area contributed by atoms with Crippen LogP contribution in [0.4, 0.5) is 0 Å². The highest BCUT2D eigenvalue weighted by Crippen LogP contribution is 2.42. The van der Waals surface area contributed by atoms with Crippen LogP contribution in [0.15, 0.2) is 23.2 Å². The molecule has 0 heterocycles. The highest BCUT2D eigenvalue weighted by atomic mass is 16.5. The molecule has 0 unspecified atom stereocenters. The van der Waals surface area contributed by atoms with E-state index in [0.717, 1.165) is 37.4 Å². The zero-order chi connectivity index (χ0) is 22.2. The van der Waals surface area contributed by atoms with E-state index in [9.17, 15) is 4.79 Å². The van der Waals surface area contributed by atoms with E-state index in [0.29, 0.717) is 12.5 Å². The van der Waals surface area contributed by atoms with Gasteiger partial charge >= 0.3 is 0 Å². The van der Waals surface area contributed by atoms with Crippen molar-refractivity contribution in [2.75, 3.05) is 33.9 Å². The quantitative estimate of drug-likeness (QED) is 0.423. The molecule has 1 aromatic rings. The van der Waals surface area contributed by atoms with Crippen LogP contribution in [0.25, 0.3) is 0 Å². The van der Waals surface area contributed by atoms with E-state index in [1.807, 2.05) is 26.8 Å². The lowest BCUT2D eigenvalue weighted by Gasteiger charge is -2.38. The summed E-state index contributed by atoms with van der Waals surface area (Å²) in [5, 5.41) is 6.81. The Kier molecular flexibility index (Phi) is 8.38. The highest BCUT2D eigenvalue weighted by molar-refractivity contribution is 5.82. The lowest BCUT2D eigenvalue weighted by Crippen LogP contribution is -2.47. The fourth-order valence-corrected chi connectivity index (χ4v) is 3.91. The minimum atomic E-state index is -0.686. The van der Waals surface area contributed by atoms with E-state index in [1.54, 1.807) is 14.2 Å². The summed E-state index contributed by atoms with van der Waals surface area (Å²) in [6.45, 7) is 7.49. The zero-order valence-corrected chi connectivity index (χ0v) is 19.1. The second kappa shape index (κ2) is 10.5. The number of hydrogen-bond donors (Lipinski definition) is 3. The minimum Gasteiger partial charge on any atom is -0.493 e. The summed E-state index contributed by atoms with van der Waals surface area (Å²) < 4.78 is 11.0. The molecule has 0 radical (unpaired) electrons. The summed E-state index contributed by atoms with van der Waals surface area (Å²) in [5.41, 5.74) is 6.06. The largest absolute Gasteiger partial charge is 0.493 e. The Balaban J connectivity index is 2.25. The molecule has 1 aromatic carbocycles. The molecule has 7 nitrogen and oxygen atoms in total. The van der Waals surface area contributed by atoms with Crippen LogP contribution in [0, 0.1) is 5.41 Å². The number of guanidine groups is 1. The predicted molar refractivity (Wildman–Crippen MR) is 121 cm³/mol. The van der Waals surface area contributed by atoms with Gasteiger partial charge in [-0.15, -0.1) is 0 Å². The molecule has 1 saturated carbocycles. The third-order valence-corrected chi connectivity index (χ3v) is 6.04. The summed E-state index contributed by atoms with van der Waals surface area (Å²) in [4.78, 5) is 16.3. The maximum atomic E-state index is 11.6. The Labute approximate surface area is 180 Å². The maximum Gasteiger partial charge on any atom is 0.224 e. The first kappa shape index (κ1) is 23.8. The summed E-state index contributed by atoms with van der Waals surface area (Å²) in [7, 11) is 3.33. The zero-order valence-electron chi connectivity index (χ0n) is 19.1. The van der Waals surface area contributed by atoms with Crippen LogP contribution in [0.1, 0.15) is 58.4 Å². The van der Waals surface area contributed by atoms with Gasteiger partial charge in [0.2, 0.25) is 5.91 Å². The number of nitrogens with two attached hydrogens (primary N) is 1. The van der Waals surface area contributed by atoms with Gasteiger partial charge in [-0.25, -0.2) is 0 Å². The summed E-state index contributed by atoms with van der Waals surface area (Å²) >= 11 is 0. The second-order valence-electron chi connectivity index (χ2n) is 8.71. The van der Waals surface area contributed by atoms with Gasteiger partial charge in [-0.1, -0.05) is 25.3 Å². The topological polar surface area (TPSA) is 98.0 Å². The molecule has 0 saturated heterocycles. The number of nitrogens with one attached hydrogen (secondary N) is 2. The van der Waals surface area contributed by atoms with Gasteiger partial charge in [-0.3, -0.25) is 9.79 Å². The first-order valence-corrected chi connectivity index (χ1v) is 10.8. The molecule has 0 atom stereocenters. The van der Waals surface area contributed by atoms with Crippen molar-refractivity contribution in [3.63, 3.8) is 0 Å². The van der Waals surface area contributed by atoms with Crippen LogP contribution in [0.3, 0.4) is 0 Å². The number of ether oxygens (including phenoxy) is 2. The van der Waals surface area contributed by atoms with Gasteiger partial charge in [0.05, 0.1) is 26.2 Å². The molecule has 4 N–H and O–H groups in total. The van der Waals surface area contributed by atoms with E-state index in [1.165, 1.54) is 24.8 Å². The lowest BCUT2D eigenvalue weighted by molar-refractivity contribution is -0.125. The predicted octanol–water partition coefficient (Wildman–Crippen LogP) is 2.97. The first-order chi connectivity index (χ1) is 14.3.